The fraction of sp³-hybridized carbons (Fsp3) is 0.312. The molecule has 1 aliphatic rings. The van der Waals surface area contributed by atoms with Crippen molar-refractivity contribution in [1.82, 2.24) is 19.8 Å². The normalized spacial score (nSPS) is 14.7. The molecule has 1 amide bonds. The van der Waals surface area contributed by atoms with Crippen LogP contribution in [0.25, 0.3) is 11.4 Å². The number of thiophene rings is 2. The van der Waals surface area contributed by atoms with Crippen molar-refractivity contribution >= 4 is 38.6 Å². The topological polar surface area (TPSA) is 105 Å². The number of carbonyl (C=O) groups excluding carboxylic acids is 1. The van der Waals surface area contributed by atoms with Gasteiger partial charge < -0.3 is 9.42 Å². The van der Waals surface area contributed by atoms with Crippen LogP contribution in [0.15, 0.2) is 37.7 Å². The molecule has 4 heterocycles. The lowest BCUT2D eigenvalue weighted by Crippen LogP contribution is -2.27. The molecule has 1 N–H and O–H groups in total. The smallest absolute Gasteiger partial charge is 0.316 e. The second-order valence-electron chi connectivity index (χ2n) is 5.98. The van der Waals surface area contributed by atoms with Crippen molar-refractivity contribution in [1.29, 1.82) is 0 Å². The molecule has 0 atom stereocenters. The minimum atomic E-state index is -3.63. The van der Waals surface area contributed by atoms with Crippen LogP contribution >= 0.6 is 22.7 Å². The van der Waals surface area contributed by atoms with E-state index < -0.39 is 10.0 Å². The van der Waals surface area contributed by atoms with E-state index in [-0.39, 0.29) is 28.4 Å². The Morgan fingerprint density at radius 3 is 2.85 bits per heavy atom. The first-order valence-electron chi connectivity index (χ1n) is 8.27. The van der Waals surface area contributed by atoms with Gasteiger partial charge in [0, 0.05) is 35.5 Å². The van der Waals surface area contributed by atoms with Crippen LogP contribution in [0.1, 0.15) is 28.4 Å². The highest BCUT2D eigenvalue weighted by Crippen LogP contribution is 2.27. The van der Waals surface area contributed by atoms with E-state index in [1.54, 1.807) is 10.3 Å². The zero-order valence-corrected chi connectivity index (χ0v) is 16.6. The molecule has 0 aliphatic carbocycles. The predicted molar refractivity (Wildman–Crippen MR) is 101 cm³/mol. The third kappa shape index (κ3) is 3.95. The lowest BCUT2D eigenvalue weighted by atomic mass is 10.3. The van der Waals surface area contributed by atoms with Crippen molar-refractivity contribution in [3.8, 4) is 11.4 Å². The Hall–Kier alpha value is -2.08. The molecule has 0 saturated carbocycles. The van der Waals surface area contributed by atoms with E-state index in [0.29, 0.717) is 18.7 Å². The molecule has 0 unspecified atom stereocenters. The van der Waals surface area contributed by atoms with Crippen LogP contribution in [-0.2, 0) is 16.6 Å². The van der Waals surface area contributed by atoms with Gasteiger partial charge in [-0.05, 0) is 30.4 Å². The quantitative estimate of drug-likeness (QED) is 0.652. The molecular formula is C16H16N4O4S3. The molecule has 0 bridgehead atoms. The molecule has 0 spiro atoms. The first-order valence-corrected chi connectivity index (χ1v) is 11.5. The fourth-order valence-corrected chi connectivity index (χ4v) is 5.65. The summed E-state index contributed by atoms with van der Waals surface area (Å²) in [5.41, 5.74) is 0.501. The average Bonchev–Trinajstić information content (AvgIpc) is 3.46. The van der Waals surface area contributed by atoms with Crippen LogP contribution in [0.5, 0.6) is 0 Å². The number of nitrogens with zero attached hydrogens (tertiary/aromatic N) is 3. The molecule has 1 aliphatic heterocycles. The van der Waals surface area contributed by atoms with E-state index in [0.717, 1.165) is 29.1 Å². The highest BCUT2D eigenvalue weighted by atomic mass is 32.2. The summed E-state index contributed by atoms with van der Waals surface area (Å²) in [6.45, 7) is 1.62. The first-order chi connectivity index (χ1) is 13.0. The van der Waals surface area contributed by atoms with E-state index in [2.05, 4.69) is 14.9 Å². The van der Waals surface area contributed by atoms with Gasteiger partial charge in [0.2, 0.25) is 15.8 Å². The number of sulfonamides is 1. The molecule has 142 valence electrons. The molecular weight excluding hydrogens is 408 g/mol. The van der Waals surface area contributed by atoms with Gasteiger partial charge in [-0.1, -0.05) is 11.2 Å². The van der Waals surface area contributed by atoms with Gasteiger partial charge in [0.05, 0.1) is 0 Å². The molecule has 4 rings (SSSR count). The van der Waals surface area contributed by atoms with Crippen molar-refractivity contribution in [2.75, 3.05) is 13.1 Å². The first kappa shape index (κ1) is 18.3. The summed E-state index contributed by atoms with van der Waals surface area (Å²) >= 11 is 2.55. The summed E-state index contributed by atoms with van der Waals surface area (Å²) in [5, 5.41) is 7.35. The number of amides is 1. The van der Waals surface area contributed by atoms with Gasteiger partial charge in [-0.3, -0.25) is 4.79 Å². The molecule has 3 aromatic rings. The maximum atomic E-state index is 12.4. The highest BCUT2D eigenvalue weighted by Gasteiger charge is 2.26. The zero-order valence-electron chi connectivity index (χ0n) is 14.1. The molecule has 3 aromatic heterocycles. The summed E-state index contributed by atoms with van der Waals surface area (Å²) in [7, 11) is -3.63. The van der Waals surface area contributed by atoms with Crippen molar-refractivity contribution in [2.24, 2.45) is 0 Å². The van der Waals surface area contributed by atoms with Crippen molar-refractivity contribution in [3.05, 3.63) is 39.7 Å². The molecule has 1 fully saturated rings. The number of hydrogen-bond donors (Lipinski definition) is 1. The minimum Gasteiger partial charge on any atom is -0.334 e. The SMILES string of the molecule is O=C(c1nc(-c2csc(S(=O)(=O)NCc3cccs3)c2)no1)N1CCCC1. The minimum absolute atomic E-state index is 0.0710. The van der Waals surface area contributed by atoms with Gasteiger partial charge in [0.25, 0.3) is 0 Å². The highest BCUT2D eigenvalue weighted by molar-refractivity contribution is 7.91. The van der Waals surface area contributed by atoms with Crippen LogP contribution in [0.4, 0.5) is 0 Å². The Morgan fingerprint density at radius 1 is 1.30 bits per heavy atom. The summed E-state index contributed by atoms with van der Waals surface area (Å²) in [4.78, 5) is 19.0. The summed E-state index contributed by atoms with van der Waals surface area (Å²) in [6.07, 6.45) is 1.94. The van der Waals surface area contributed by atoms with E-state index in [4.69, 9.17) is 4.52 Å². The summed E-state index contributed by atoms with van der Waals surface area (Å²) in [6, 6.07) is 5.22. The second-order valence-corrected chi connectivity index (χ2v) is 9.92. The maximum Gasteiger partial charge on any atom is 0.316 e. The Bertz CT molecular complexity index is 1030. The van der Waals surface area contributed by atoms with Gasteiger partial charge in [0.1, 0.15) is 4.21 Å². The monoisotopic (exact) mass is 424 g/mol. The third-order valence-electron chi connectivity index (χ3n) is 4.12. The number of nitrogens with one attached hydrogen (secondary N) is 1. The lowest BCUT2D eigenvalue weighted by Gasteiger charge is -2.10. The van der Waals surface area contributed by atoms with E-state index in [9.17, 15) is 13.2 Å². The van der Waals surface area contributed by atoms with Crippen molar-refractivity contribution < 1.29 is 17.7 Å². The van der Waals surface area contributed by atoms with Gasteiger partial charge >= 0.3 is 11.8 Å². The Labute approximate surface area is 163 Å². The fourth-order valence-electron chi connectivity index (χ4n) is 2.71. The van der Waals surface area contributed by atoms with Gasteiger partial charge in [0.15, 0.2) is 0 Å². The van der Waals surface area contributed by atoms with E-state index >= 15 is 0 Å². The predicted octanol–water partition coefficient (Wildman–Crippen LogP) is 2.57. The number of carbonyl (C=O) groups is 1. The van der Waals surface area contributed by atoms with Gasteiger partial charge in [-0.15, -0.1) is 22.7 Å². The number of aromatic nitrogens is 2. The standard InChI is InChI=1S/C16H16N4O4S3/c21-16(20-5-1-2-6-20)15-18-14(19-24-15)11-8-13(26-10-11)27(22,23)17-9-12-4-3-7-25-12/h3-4,7-8,10,17H,1-2,5-6,9H2. The molecule has 27 heavy (non-hydrogen) atoms. The Morgan fingerprint density at radius 2 is 2.11 bits per heavy atom. The number of likely N-dealkylation sites (tertiary alicyclic amines) is 1. The van der Waals surface area contributed by atoms with Crippen LogP contribution in [0, 0.1) is 0 Å². The Kier molecular flexibility index (Phi) is 5.08. The molecule has 1 saturated heterocycles. The molecule has 0 aromatic carbocycles. The summed E-state index contributed by atoms with van der Waals surface area (Å²) < 4.78 is 32.7. The maximum absolute atomic E-state index is 12.4. The largest absolute Gasteiger partial charge is 0.334 e. The molecule has 11 heteroatoms. The van der Waals surface area contributed by atoms with Crippen LogP contribution < -0.4 is 4.72 Å². The second kappa shape index (κ2) is 7.50. The van der Waals surface area contributed by atoms with Crippen LogP contribution in [-0.4, -0.2) is 42.5 Å². The van der Waals surface area contributed by atoms with E-state index in [1.807, 2.05) is 17.5 Å². The average molecular weight is 425 g/mol. The zero-order chi connectivity index (χ0) is 18.9. The van der Waals surface area contributed by atoms with Crippen LogP contribution in [0.3, 0.4) is 0 Å². The van der Waals surface area contributed by atoms with Crippen molar-refractivity contribution in [2.45, 2.75) is 23.6 Å². The number of rotatable bonds is 6. The molecule has 0 radical (unpaired) electrons. The third-order valence-corrected chi connectivity index (χ3v) is 7.83. The van der Waals surface area contributed by atoms with E-state index in [1.165, 1.54) is 17.4 Å². The summed E-state index contributed by atoms with van der Waals surface area (Å²) in [5.74, 6) is -0.154. The number of hydrogen-bond acceptors (Lipinski definition) is 8. The van der Waals surface area contributed by atoms with Crippen LogP contribution in [0.2, 0.25) is 0 Å². The van der Waals surface area contributed by atoms with Crippen molar-refractivity contribution in [3.63, 3.8) is 0 Å². The Balaban J connectivity index is 1.48. The molecule has 8 nitrogen and oxygen atoms in total. The van der Waals surface area contributed by atoms with Gasteiger partial charge in [-0.25, -0.2) is 13.1 Å². The lowest BCUT2D eigenvalue weighted by molar-refractivity contribution is 0.0743. The van der Waals surface area contributed by atoms with Gasteiger partial charge in [-0.2, -0.15) is 4.98 Å².